The Hall–Kier alpha value is -1.13. The first kappa shape index (κ1) is 15.3. The first-order chi connectivity index (χ1) is 9.63. The first-order valence-corrected chi connectivity index (χ1v) is 8.25. The van der Waals surface area contributed by atoms with Crippen LogP contribution in [0.4, 0.5) is 5.13 Å². The molecule has 0 fully saturated rings. The number of halogens is 1. The summed E-state index contributed by atoms with van der Waals surface area (Å²) in [5.74, 6) is 1.03. The van der Waals surface area contributed by atoms with Gasteiger partial charge in [0.15, 0.2) is 5.13 Å². The van der Waals surface area contributed by atoms with Gasteiger partial charge < -0.3 is 5.32 Å². The fraction of sp³-hybridized carbons (Fsp3) is 0.467. The second-order valence-electron chi connectivity index (χ2n) is 4.90. The number of fused-ring (bicyclic) bond motifs is 1. The number of amides is 1. The summed E-state index contributed by atoms with van der Waals surface area (Å²) in [6.45, 7) is 4.40. The number of aromatic nitrogens is 1. The van der Waals surface area contributed by atoms with Crippen LogP contribution in [0.5, 0.6) is 0 Å². The Morgan fingerprint density at radius 2 is 2.30 bits per heavy atom. The van der Waals surface area contributed by atoms with Crippen LogP contribution in [-0.2, 0) is 4.79 Å². The minimum Gasteiger partial charge on any atom is -0.302 e. The van der Waals surface area contributed by atoms with E-state index in [-0.39, 0.29) is 5.91 Å². The van der Waals surface area contributed by atoms with Gasteiger partial charge in [-0.3, -0.25) is 4.79 Å². The summed E-state index contributed by atoms with van der Waals surface area (Å²) in [6, 6.07) is 6.33. The molecule has 5 heteroatoms. The van der Waals surface area contributed by atoms with Crippen LogP contribution in [0.1, 0.15) is 44.6 Å². The van der Waals surface area contributed by atoms with Crippen molar-refractivity contribution in [3.63, 3.8) is 0 Å². The van der Waals surface area contributed by atoms with Crippen LogP contribution in [0.25, 0.3) is 10.2 Å². The number of alkyl halides is 1. The number of thiazole rings is 1. The van der Waals surface area contributed by atoms with E-state index in [2.05, 4.69) is 36.3 Å². The average Bonchev–Trinajstić information content (AvgIpc) is 2.85. The van der Waals surface area contributed by atoms with E-state index in [1.807, 2.05) is 6.07 Å². The van der Waals surface area contributed by atoms with Crippen molar-refractivity contribution < 1.29 is 4.79 Å². The van der Waals surface area contributed by atoms with E-state index < -0.39 is 0 Å². The molecule has 3 nitrogen and oxygen atoms in total. The molecular weight excluding hydrogens is 292 g/mol. The van der Waals surface area contributed by atoms with Crippen molar-refractivity contribution in [2.45, 2.75) is 39.0 Å². The fourth-order valence-electron chi connectivity index (χ4n) is 1.95. The third-order valence-corrected chi connectivity index (χ3v) is 4.58. The van der Waals surface area contributed by atoms with Crippen LogP contribution in [0.2, 0.25) is 0 Å². The van der Waals surface area contributed by atoms with Gasteiger partial charge in [-0.25, -0.2) is 4.98 Å². The van der Waals surface area contributed by atoms with Gasteiger partial charge in [-0.15, -0.1) is 11.6 Å². The molecule has 0 aliphatic heterocycles. The molecule has 0 radical (unpaired) electrons. The zero-order valence-corrected chi connectivity index (χ0v) is 13.4. The summed E-state index contributed by atoms with van der Waals surface area (Å²) in [5, 5.41) is 3.51. The minimum absolute atomic E-state index is 0.0214. The van der Waals surface area contributed by atoms with Gasteiger partial charge in [0.1, 0.15) is 0 Å². The van der Waals surface area contributed by atoms with Crippen LogP contribution in [0.15, 0.2) is 18.2 Å². The van der Waals surface area contributed by atoms with E-state index in [0.717, 1.165) is 16.6 Å². The lowest BCUT2D eigenvalue weighted by Crippen LogP contribution is -2.10. The molecule has 1 N–H and O–H groups in total. The number of benzene rings is 1. The van der Waals surface area contributed by atoms with Gasteiger partial charge in [0, 0.05) is 12.3 Å². The van der Waals surface area contributed by atoms with Crippen molar-refractivity contribution in [1.82, 2.24) is 4.98 Å². The molecule has 2 aromatic rings. The van der Waals surface area contributed by atoms with Crippen LogP contribution < -0.4 is 5.32 Å². The highest BCUT2D eigenvalue weighted by Gasteiger charge is 2.10. The summed E-state index contributed by atoms with van der Waals surface area (Å²) in [4.78, 5) is 16.1. The molecule has 0 saturated heterocycles. The lowest BCUT2D eigenvalue weighted by Gasteiger charge is -2.07. The molecule has 1 atom stereocenters. The smallest absolute Gasteiger partial charge is 0.226 e. The standard InChI is InChI=1S/C15H19ClN2OS/c1-3-10(2)11-6-7-12-13(9-11)20-15(17-12)18-14(19)5-4-8-16/h6-7,9-10H,3-5,8H2,1-2H3,(H,17,18,19)/t10-/m0/s1. The van der Waals surface area contributed by atoms with E-state index in [1.165, 1.54) is 16.9 Å². The third kappa shape index (κ3) is 3.70. The second-order valence-corrected chi connectivity index (χ2v) is 6.30. The summed E-state index contributed by atoms with van der Waals surface area (Å²) in [6.07, 6.45) is 2.25. The van der Waals surface area contributed by atoms with Gasteiger partial charge in [-0.1, -0.05) is 31.3 Å². The zero-order valence-electron chi connectivity index (χ0n) is 11.8. The number of carbonyl (C=O) groups excluding carboxylic acids is 1. The zero-order chi connectivity index (χ0) is 14.5. The maximum Gasteiger partial charge on any atom is 0.226 e. The highest BCUT2D eigenvalue weighted by Crippen LogP contribution is 2.30. The van der Waals surface area contributed by atoms with Gasteiger partial charge in [0.05, 0.1) is 10.2 Å². The highest BCUT2D eigenvalue weighted by atomic mass is 35.5. The molecular formula is C15H19ClN2OS. The molecule has 1 amide bonds. The Morgan fingerprint density at radius 3 is 3.00 bits per heavy atom. The number of anilines is 1. The quantitative estimate of drug-likeness (QED) is 0.781. The monoisotopic (exact) mass is 310 g/mol. The molecule has 0 saturated carbocycles. The van der Waals surface area contributed by atoms with Crippen molar-refractivity contribution in [2.75, 3.05) is 11.2 Å². The third-order valence-electron chi connectivity index (χ3n) is 3.38. The van der Waals surface area contributed by atoms with E-state index in [4.69, 9.17) is 11.6 Å². The normalized spacial score (nSPS) is 12.6. The lowest BCUT2D eigenvalue weighted by atomic mass is 9.99. The van der Waals surface area contributed by atoms with Crippen molar-refractivity contribution in [3.8, 4) is 0 Å². The summed E-state index contributed by atoms with van der Waals surface area (Å²) >= 11 is 7.11. The summed E-state index contributed by atoms with van der Waals surface area (Å²) in [7, 11) is 0. The predicted molar refractivity (Wildman–Crippen MR) is 86.9 cm³/mol. The summed E-state index contributed by atoms with van der Waals surface area (Å²) in [5.41, 5.74) is 2.26. The predicted octanol–water partition coefficient (Wildman–Crippen LogP) is 4.77. The summed E-state index contributed by atoms with van der Waals surface area (Å²) < 4.78 is 1.12. The average molecular weight is 311 g/mol. The molecule has 20 heavy (non-hydrogen) atoms. The Bertz CT molecular complexity index is 597. The van der Waals surface area contributed by atoms with E-state index in [1.54, 1.807) is 0 Å². The second kappa shape index (κ2) is 7.04. The van der Waals surface area contributed by atoms with E-state index in [9.17, 15) is 4.79 Å². The Labute approximate surface area is 128 Å². The van der Waals surface area contributed by atoms with Crippen LogP contribution in [-0.4, -0.2) is 16.8 Å². The molecule has 1 aromatic carbocycles. The molecule has 1 aromatic heterocycles. The van der Waals surface area contributed by atoms with Gasteiger partial charge in [-0.2, -0.15) is 0 Å². The van der Waals surface area contributed by atoms with Crippen LogP contribution in [0, 0.1) is 0 Å². The number of hydrogen-bond donors (Lipinski definition) is 1. The SMILES string of the molecule is CC[C@H](C)c1ccc2nc(NC(=O)CCCCl)sc2c1. The van der Waals surface area contributed by atoms with Crippen molar-refractivity contribution >= 4 is 44.2 Å². The van der Waals surface area contributed by atoms with Crippen molar-refractivity contribution in [2.24, 2.45) is 0 Å². The number of nitrogens with zero attached hydrogens (tertiary/aromatic N) is 1. The van der Waals surface area contributed by atoms with Gasteiger partial charge in [0.2, 0.25) is 5.91 Å². The number of hydrogen-bond acceptors (Lipinski definition) is 3. The van der Waals surface area contributed by atoms with Gasteiger partial charge >= 0.3 is 0 Å². The fourth-order valence-corrected chi connectivity index (χ4v) is 3.01. The van der Waals surface area contributed by atoms with Crippen molar-refractivity contribution in [1.29, 1.82) is 0 Å². The Kier molecular flexibility index (Phi) is 5.38. The van der Waals surface area contributed by atoms with E-state index >= 15 is 0 Å². The van der Waals surface area contributed by atoms with Crippen molar-refractivity contribution in [3.05, 3.63) is 23.8 Å². The number of nitrogens with one attached hydrogen (secondary N) is 1. The van der Waals surface area contributed by atoms with Crippen LogP contribution >= 0.6 is 22.9 Å². The molecule has 0 spiro atoms. The maximum absolute atomic E-state index is 11.7. The van der Waals surface area contributed by atoms with Gasteiger partial charge in [-0.05, 0) is 36.5 Å². The Balaban J connectivity index is 2.14. The first-order valence-electron chi connectivity index (χ1n) is 6.90. The maximum atomic E-state index is 11.7. The molecule has 0 unspecified atom stereocenters. The molecule has 0 aliphatic carbocycles. The number of rotatable bonds is 6. The lowest BCUT2D eigenvalue weighted by molar-refractivity contribution is -0.116. The van der Waals surface area contributed by atoms with Crippen LogP contribution in [0.3, 0.4) is 0 Å². The molecule has 108 valence electrons. The van der Waals surface area contributed by atoms with E-state index in [0.29, 0.717) is 29.8 Å². The topological polar surface area (TPSA) is 42.0 Å². The molecule has 1 heterocycles. The highest BCUT2D eigenvalue weighted by molar-refractivity contribution is 7.22. The number of carbonyl (C=O) groups is 1. The molecule has 0 bridgehead atoms. The largest absolute Gasteiger partial charge is 0.302 e. The minimum atomic E-state index is -0.0214. The van der Waals surface area contributed by atoms with Gasteiger partial charge in [0.25, 0.3) is 0 Å². The molecule has 2 rings (SSSR count). The molecule has 0 aliphatic rings. The Morgan fingerprint density at radius 1 is 1.50 bits per heavy atom.